The first-order valence-electron chi connectivity index (χ1n) is 9.75. The van der Waals surface area contributed by atoms with Gasteiger partial charge < -0.3 is 20.2 Å². The summed E-state index contributed by atoms with van der Waals surface area (Å²) in [6.45, 7) is 3.53. The fourth-order valence-corrected chi connectivity index (χ4v) is 3.04. The highest BCUT2D eigenvalue weighted by atomic mass is 16.5. The van der Waals surface area contributed by atoms with Gasteiger partial charge in [0.1, 0.15) is 13.0 Å². The van der Waals surface area contributed by atoms with E-state index in [4.69, 9.17) is 14.9 Å². The number of rotatable bonds is 8. The standard InChI is InChI=1S/C22H22N2O7/c1-11(2)18(23)22(29)24-7-8-30-17(26)10-15(25)16-9-14-19(27)12-5-3-4-6-13(12)20(28)21(14)31-16/h3-6,9,11,18H,7-8,10,23H2,1-2H3,(H,24,29)/t18-/m0/s1. The maximum atomic E-state index is 12.6. The van der Waals surface area contributed by atoms with Gasteiger partial charge in [0.15, 0.2) is 17.3 Å². The number of carbonyl (C=O) groups is 5. The van der Waals surface area contributed by atoms with Gasteiger partial charge in [0.05, 0.1) is 18.2 Å². The zero-order chi connectivity index (χ0) is 22.7. The summed E-state index contributed by atoms with van der Waals surface area (Å²) in [4.78, 5) is 61.1. The fraction of sp³-hybridized carbons (Fsp3) is 0.318. The SMILES string of the molecule is CC(C)[C@H](N)C(=O)NCCOC(=O)CC(=O)c1cc2c(o1)C(=O)c1ccccc1C2=O. The number of ketones is 3. The van der Waals surface area contributed by atoms with Gasteiger partial charge in [-0.25, -0.2) is 0 Å². The van der Waals surface area contributed by atoms with E-state index >= 15 is 0 Å². The van der Waals surface area contributed by atoms with Crippen LogP contribution in [0, 0.1) is 5.92 Å². The van der Waals surface area contributed by atoms with Crippen LogP contribution >= 0.6 is 0 Å². The smallest absolute Gasteiger partial charge is 0.313 e. The lowest BCUT2D eigenvalue weighted by molar-refractivity contribution is -0.142. The summed E-state index contributed by atoms with van der Waals surface area (Å²) in [5.74, 6) is -3.37. The molecule has 0 radical (unpaired) electrons. The summed E-state index contributed by atoms with van der Waals surface area (Å²) < 4.78 is 10.2. The Bertz CT molecular complexity index is 1020. The van der Waals surface area contributed by atoms with Crippen LogP contribution in [-0.4, -0.2) is 48.4 Å². The third-order valence-electron chi connectivity index (χ3n) is 4.86. The molecule has 162 valence electrons. The van der Waals surface area contributed by atoms with Gasteiger partial charge in [0.2, 0.25) is 17.5 Å². The van der Waals surface area contributed by atoms with Gasteiger partial charge >= 0.3 is 5.97 Å². The van der Waals surface area contributed by atoms with Gasteiger partial charge in [-0.2, -0.15) is 0 Å². The third-order valence-corrected chi connectivity index (χ3v) is 4.86. The largest absolute Gasteiger partial charge is 0.463 e. The summed E-state index contributed by atoms with van der Waals surface area (Å²) in [6.07, 6.45) is -0.638. The Morgan fingerprint density at radius 3 is 2.35 bits per heavy atom. The highest BCUT2D eigenvalue weighted by Gasteiger charge is 2.34. The number of amides is 1. The molecule has 1 aromatic carbocycles. The van der Waals surface area contributed by atoms with E-state index in [0.717, 1.165) is 0 Å². The quantitative estimate of drug-likeness (QED) is 0.237. The zero-order valence-electron chi connectivity index (χ0n) is 17.1. The van der Waals surface area contributed by atoms with Crippen LogP contribution < -0.4 is 11.1 Å². The molecule has 1 heterocycles. The molecule has 0 saturated heterocycles. The normalized spacial score (nSPS) is 13.4. The van der Waals surface area contributed by atoms with Gasteiger partial charge in [-0.1, -0.05) is 38.1 Å². The molecule has 0 fully saturated rings. The van der Waals surface area contributed by atoms with Crippen LogP contribution in [0.2, 0.25) is 0 Å². The van der Waals surface area contributed by atoms with Gasteiger partial charge in [-0.3, -0.25) is 24.0 Å². The van der Waals surface area contributed by atoms with E-state index in [-0.39, 0.29) is 53.2 Å². The Balaban J connectivity index is 1.56. The molecule has 31 heavy (non-hydrogen) atoms. The molecule has 2 aromatic rings. The molecule has 0 aliphatic heterocycles. The summed E-state index contributed by atoms with van der Waals surface area (Å²) in [6, 6.07) is 6.80. The molecule has 3 N–H and O–H groups in total. The lowest BCUT2D eigenvalue weighted by Crippen LogP contribution is -2.44. The summed E-state index contributed by atoms with van der Waals surface area (Å²) in [5.41, 5.74) is 6.12. The van der Waals surface area contributed by atoms with Crippen molar-refractivity contribution in [2.45, 2.75) is 26.3 Å². The van der Waals surface area contributed by atoms with Crippen LogP contribution in [0.1, 0.15) is 62.9 Å². The summed E-state index contributed by atoms with van der Waals surface area (Å²) in [7, 11) is 0. The monoisotopic (exact) mass is 426 g/mol. The van der Waals surface area contributed by atoms with Crippen molar-refractivity contribution in [3.63, 3.8) is 0 Å². The lowest BCUT2D eigenvalue weighted by Gasteiger charge is -2.15. The molecule has 1 aliphatic rings. The fourth-order valence-electron chi connectivity index (χ4n) is 3.04. The number of nitrogens with one attached hydrogen (secondary N) is 1. The van der Waals surface area contributed by atoms with Crippen molar-refractivity contribution in [3.05, 3.63) is 58.5 Å². The number of ether oxygens (including phenoxy) is 1. The second-order valence-electron chi connectivity index (χ2n) is 7.44. The van der Waals surface area contributed by atoms with E-state index in [0.29, 0.717) is 0 Å². The Kier molecular flexibility index (Phi) is 6.45. The number of esters is 1. The topological polar surface area (TPSA) is 146 Å². The maximum absolute atomic E-state index is 12.6. The van der Waals surface area contributed by atoms with Crippen molar-refractivity contribution in [2.24, 2.45) is 11.7 Å². The van der Waals surface area contributed by atoms with Gasteiger partial charge in [-0.15, -0.1) is 0 Å². The van der Waals surface area contributed by atoms with Crippen molar-refractivity contribution < 1.29 is 33.1 Å². The minimum Gasteiger partial charge on any atom is -0.463 e. The van der Waals surface area contributed by atoms with E-state index in [2.05, 4.69) is 5.32 Å². The van der Waals surface area contributed by atoms with Crippen molar-refractivity contribution >= 4 is 29.2 Å². The average molecular weight is 426 g/mol. The number of hydrogen-bond donors (Lipinski definition) is 2. The van der Waals surface area contributed by atoms with E-state index in [9.17, 15) is 24.0 Å². The minimum atomic E-state index is -0.831. The van der Waals surface area contributed by atoms with Gasteiger partial charge in [0, 0.05) is 11.1 Å². The molecule has 1 aliphatic carbocycles. The molecule has 1 atom stereocenters. The van der Waals surface area contributed by atoms with Crippen LogP contribution in [-0.2, 0) is 14.3 Å². The summed E-state index contributed by atoms with van der Waals surface area (Å²) in [5, 5.41) is 2.54. The molecular formula is C22H22N2O7. The number of furan rings is 1. The highest BCUT2D eigenvalue weighted by Crippen LogP contribution is 2.30. The van der Waals surface area contributed by atoms with Crippen LogP contribution in [0.4, 0.5) is 0 Å². The number of fused-ring (bicyclic) bond motifs is 2. The van der Waals surface area contributed by atoms with Crippen molar-refractivity contribution in [1.29, 1.82) is 0 Å². The maximum Gasteiger partial charge on any atom is 0.313 e. The van der Waals surface area contributed by atoms with Crippen molar-refractivity contribution in [3.8, 4) is 0 Å². The molecule has 9 nitrogen and oxygen atoms in total. The third kappa shape index (κ3) is 4.61. The second kappa shape index (κ2) is 9.05. The first-order chi connectivity index (χ1) is 14.7. The average Bonchev–Trinajstić information content (AvgIpc) is 3.20. The predicted octanol–water partition coefficient (Wildman–Crippen LogP) is 1.27. The predicted molar refractivity (Wildman–Crippen MR) is 108 cm³/mol. The molecule has 1 aromatic heterocycles. The zero-order valence-corrected chi connectivity index (χ0v) is 17.1. The number of nitrogens with two attached hydrogens (primary N) is 1. The molecule has 0 saturated carbocycles. The summed E-state index contributed by atoms with van der Waals surface area (Å²) >= 11 is 0. The van der Waals surface area contributed by atoms with Crippen molar-refractivity contribution in [2.75, 3.05) is 13.2 Å². The van der Waals surface area contributed by atoms with E-state index in [1.165, 1.54) is 18.2 Å². The van der Waals surface area contributed by atoms with Crippen LogP contribution in [0.3, 0.4) is 0 Å². The molecular weight excluding hydrogens is 404 g/mol. The molecule has 0 spiro atoms. The number of carbonyl (C=O) groups excluding carboxylic acids is 5. The lowest BCUT2D eigenvalue weighted by atomic mass is 9.88. The number of Topliss-reactive ketones (excluding diaryl/α,β-unsaturated/α-hetero) is 1. The van der Waals surface area contributed by atoms with Crippen LogP contribution in [0.5, 0.6) is 0 Å². The first kappa shape index (κ1) is 22.1. The van der Waals surface area contributed by atoms with Gasteiger partial charge in [-0.05, 0) is 12.0 Å². The second-order valence-corrected chi connectivity index (χ2v) is 7.44. The minimum absolute atomic E-state index is 0.00961. The molecule has 0 unspecified atom stereocenters. The number of benzene rings is 1. The molecule has 9 heteroatoms. The Morgan fingerprint density at radius 1 is 1.06 bits per heavy atom. The molecule has 0 bridgehead atoms. The molecule has 3 rings (SSSR count). The van der Waals surface area contributed by atoms with Crippen molar-refractivity contribution in [1.82, 2.24) is 5.32 Å². The van der Waals surface area contributed by atoms with Crippen LogP contribution in [0.25, 0.3) is 0 Å². The Hall–Kier alpha value is -3.59. The number of hydrogen-bond acceptors (Lipinski definition) is 8. The Morgan fingerprint density at radius 2 is 1.71 bits per heavy atom. The van der Waals surface area contributed by atoms with Crippen LogP contribution in [0.15, 0.2) is 34.7 Å². The Labute approximate surface area is 177 Å². The first-order valence-corrected chi connectivity index (χ1v) is 9.75. The van der Waals surface area contributed by atoms with E-state index < -0.39 is 35.8 Å². The highest BCUT2D eigenvalue weighted by molar-refractivity contribution is 6.28. The van der Waals surface area contributed by atoms with Gasteiger partial charge in [0.25, 0.3) is 0 Å². The van der Waals surface area contributed by atoms with E-state index in [1.54, 1.807) is 12.1 Å². The van der Waals surface area contributed by atoms with E-state index in [1.807, 2.05) is 13.8 Å². The molecule has 1 amide bonds.